The summed E-state index contributed by atoms with van der Waals surface area (Å²) in [7, 11) is 0. The summed E-state index contributed by atoms with van der Waals surface area (Å²) in [5.41, 5.74) is 6.92. The van der Waals surface area contributed by atoms with Crippen molar-refractivity contribution >= 4 is 22.4 Å². The van der Waals surface area contributed by atoms with Crippen molar-refractivity contribution in [3.63, 3.8) is 0 Å². The van der Waals surface area contributed by atoms with Crippen LogP contribution in [0.15, 0.2) is 29.6 Å². The number of carbonyl (C=O) groups excluding carboxylic acids is 1. The zero-order chi connectivity index (χ0) is 18.5. The van der Waals surface area contributed by atoms with Gasteiger partial charge in [-0.3, -0.25) is 4.79 Å². The van der Waals surface area contributed by atoms with Crippen molar-refractivity contribution in [2.45, 2.75) is 25.5 Å². The molecule has 1 aliphatic rings. The van der Waals surface area contributed by atoms with E-state index in [2.05, 4.69) is 15.0 Å². The zero-order valence-corrected chi connectivity index (χ0v) is 14.7. The second-order valence-corrected chi connectivity index (χ2v) is 6.74. The Morgan fingerprint density at radius 1 is 1.35 bits per heavy atom. The normalized spacial score (nSPS) is 16.5. The van der Waals surface area contributed by atoms with E-state index in [1.54, 1.807) is 23.6 Å². The van der Waals surface area contributed by atoms with E-state index in [1.807, 2.05) is 0 Å². The van der Waals surface area contributed by atoms with Crippen LogP contribution in [0.1, 0.15) is 12.8 Å². The van der Waals surface area contributed by atoms with Gasteiger partial charge < -0.3 is 20.5 Å². The average Bonchev–Trinajstić information content (AvgIpc) is 3.10. The molecule has 0 saturated carbocycles. The summed E-state index contributed by atoms with van der Waals surface area (Å²) >= 11 is 1.20. The van der Waals surface area contributed by atoms with Gasteiger partial charge in [0, 0.05) is 24.2 Å². The number of anilines is 1. The Hall–Kier alpha value is -2.10. The Kier molecular flexibility index (Phi) is 6.12. The van der Waals surface area contributed by atoms with Gasteiger partial charge in [-0.05, 0) is 30.9 Å². The molecule has 0 spiro atoms. The highest BCUT2D eigenvalue weighted by atomic mass is 32.1. The van der Waals surface area contributed by atoms with Crippen LogP contribution >= 0.6 is 11.3 Å². The highest BCUT2D eigenvalue weighted by Gasteiger charge is 2.27. The number of thiazole rings is 1. The Morgan fingerprint density at radius 2 is 2.08 bits per heavy atom. The van der Waals surface area contributed by atoms with Gasteiger partial charge in [-0.1, -0.05) is 12.1 Å². The number of aromatic nitrogens is 1. The van der Waals surface area contributed by atoms with Crippen LogP contribution in [-0.4, -0.2) is 36.8 Å². The molecular formula is C17H19F2N3O3S. The Labute approximate surface area is 153 Å². The average molecular weight is 383 g/mol. The smallest absolute Gasteiger partial charge is 0.387 e. The molecular weight excluding hydrogens is 364 g/mol. The lowest BCUT2D eigenvalue weighted by atomic mass is 9.92. The fraction of sp³-hybridized carbons (Fsp3) is 0.412. The number of hydrogen-bond donors (Lipinski definition) is 2. The van der Waals surface area contributed by atoms with Gasteiger partial charge in [-0.25, -0.2) is 4.98 Å². The monoisotopic (exact) mass is 383 g/mol. The van der Waals surface area contributed by atoms with Gasteiger partial charge in [0.1, 0.15) is 5.75 Å². The molecule has 6 nitrogen and oxygen atoms in total. The predicted octanol–water partition coefficient (Wildman–Crippen LogP) is 3.10. The van der Waals surface area contributed by atoms with Gasteiger partial charge in [0.25, 0.3) is 0 Å². The molecule has 1 amide bonds. The number of hydrogen-bond acceptors (Lipinski definition) is 6. The fourth-order valence-corrected chi connectivity index (χ4v) is 3.52. The van der Waals surface area contributed by atoms with Crippen LogP contribution in [0.5, 0.6) is 5.75 Å². The standard InChI is InChI=1S/C17H19F2N3O3S/c18-16(19)25-13-4-2-1-3-11(13)12-9-26-17(21-12)22-15(23)14(20)10-5-7-24-8-6-10/h1-4,9-10,14,16H,5-8,20H2,(H,21,22,23). The molecule has 1 fully saturated rings. The fourth-order valence-electron chi connectivity index (χ4n) is 2.81. The SMILES string of the molecule is NC(C(=O)Nc1nc(-c2ccccc2OC(F)F)cs1)C1CCOCC1. The minimum atomic E-state index is -2.92. The predicted molar refractivity (Wildman–Crippen MR) is 94.3 cm³/mol. The van der Waals surface area contributed by atoms with Crippen LogP contribution in [0.2, 0.25) is 0 Å². The number of rotatable bonds is 6. The van der Waals surface area contributed by atoms with Gasteiger partial charge in [0.15, 0.2) is 5.13 Å². The van der Waals surface area contributed by atoms with E-state index in [0.29, 0.717) is 29.6 Å². The summed E-state index contributed by atoms with van der Waals surface area (Å²) in [6.45, 7) is -1.71. The molecule has 3 N–H and O–H groups in total. The minimum Gasteiger partial charge on any atom is -0.434 e. The maximum atomic E-state index is 12.5. The summed E-state index contributed by atoms with van der Waals surface area (Å²) < 4.78 is 34.9. The highest BCUT2D eigenvalue weighted by Crippen LogP contribution is 2.33. The van der Waals surface area contributed by atoms with Crippen molar-refractivity contribution < 1.29 is 23.0 Å². The molecule has 1 aromatic carbocycles. The molecule has 1 aromatic heterocycles. The van der Waals surface area contributed by atoms with E-state index in [9.17, 15) is 13.6 Å². The molecule has 9 heteroatoms. The number of nitrogens with two attached hydrogens (primary N) is 1. The molecule has 140 valence electrons. The molecule has 1 atom stereocenters. The van der Waals surface area contributed by atoms with Crippen molar-refractivity contribution in [2.75, 3.05) is 18.5 Å². The number of ether oxygens (including phenoxy) is 2. The van der Waals surface area contributed by atoms with Gasteiger partial charge >= 0.3 is 6.61 Å². The van der Waals surface area contributed by atoms with Crippen LogP contribution in [0.3, 0.4) is 0 Å². The van der Waals surface area contributed by atoms with Crippen molar-refractivity contribution in [3.05, 3.63) is 29.6 Å². The number of nitrogens with zero attached hydrogens (tertiary/aromatic N) is 1. The number of benzene rings is 1. The van der Waals surface area contributed by atoms with Crippen molar-refractivity contribution in [1.82, 2.24) is 4.98 Å². The maximum Gasteiger partial charge on any atom is 0.387 e. The van der Waals surface area contributed by atoms with Gasteiger partial charge in [0.2, 0.25) is 5.91 Å². The Balaban J connectivity index is 1.69. The molecule has 2 aromatic rings. The van der Waals surface area contributed by atoms with Gasteiger partial charge in [0.05, 0.1) is 11.7 Å². The lowest BCUT2D eigenvalue weighted by Gasteiger charge is -2.26. The van der Waals surface area contributed by atoms with E-state index in [-0.39, 0.29) is 17.6 Å². The second-order valence-electron chi connectivity index (χ2n) is 5.88. The van der Waals surface area contributed by atoms with Crippen molar-refractivity contribution in [1.29, 1.82) is 0 Å². The van der Waals surface area contributed by atoms with E-state index < -0.39 is 12.7 Å². The first kappa shape index (κ1) is 18.7. The number of carbonyl (C=O) groups is 1. The third-order valence-electron chi connectivity index (χ3n) is 4.19. The van der Waals surface area contributed by atoms with E-state index >= 15 is 0 Å². The Morgan fingerprint density at radius 3 is 2.81 bits per heavy atom. The van der Waals surface area contributed by atoms with Crippen LogP contribution < -0.4 is 15.8 Å². The third kappa shape index (κ3) is 4.54. The molecule has 1 aliphatic heterocycles. The molecule has 0 aliphatic carbocycles. The quantitative estimate of drug-likeness (QED) is 0.801. The molecule has 0 radical (unpaired) electrons. The van der Waals surface area contributed by atoms with E-state index in [4.69, 9.17) is 10.5 Å². The molecule has 26 heavy (non-hydrogen) atoms. The first-order valence-corrected chi connectivity index (χ1v) is 9.06. The number of amides is 1. The summed E-state index contributed by atoms with van der Waals surface area (Å²) in [6, 6.07) is 5.74. The third-order valence-corrected chi connectivity index (χ3v) is 4.95. The first-order chi connectivity index (χ1) is 12.5. The summed E-state index contributed by atoms with van der Waals surface area (Å²) in [6.07, 6.45) is 1.49. The van der Waals surface area contributed by atoms with Crippen LogP contribution in [0, 0.1) is 5.92 Å². The van der Waals surface area contributed by atoms with Gasteiger partial charge in [-0.2, -0.15) is 8.78 Å². The summed E-state index contributed by atoms with van der Waals surface area (Å²) in [4.78, 5) is 16.6. The summed E-state index contributed by atoms with van der Waals surface area (Å²) in [5, 5.41) is 4.73. The molecule has 2 heterocycles. The number of para-hydroxylation sites is 1. The Bertz CT molecular complexity index is 750. The van der Waals surface area contributed by atoms with Crippen molar-refractivity contribution in [2.24, 2.45) is 11.7 Å². The highest BCUT2D eigenvalue weighted by molar-refractivity contribution is 7.14. The number of halogens is 2. The zero-order valence-electron chi connectivity index (χ0n) is 13.9. The first-order valence-electron chi connectivity index (χ1n) is 8.18. The number of alkyl halides is 2. The van der Waals surface area contributed by atoms with Crippen LogP contribution in [0.25, 0.3) is 11.3 Å². The summed E-state index contributed by atoms with van der Waals surface area (Å²) in [5.74, 6) is -0.206. The topological polar surface area (TPSA) is 86.5 Å². The van der Waals surface area contributed by atoms with E-state index in [0.717, 1.165) is 12.8 Å². The largest absolute Gasteiger partial charge is 0.434 e. The maximum absolute atomic E-state index is 12.5. The second kappa shape index (κ2) is 8.52. The lowest BCUT2D eigenvalue weighted by molar-refractivity contribution is -0.119. The lowest BCUT2D eigenvalue weighted by Crippen LogP contribution is -2.43. The molecule has 1 saturated heterocycles. The number of nitrogens with one attached hydrogen (secondary N) is 1. The van der Waals surface area contributed by atoms with E-state index in [1.165, 1.54) is 17.4 Å². The molecule has 0 bridgehead atoms. The molecule has 3 rings (SSSR count). The minimum absolute atomic E-state index is 0.0320. The molecule has 1 unspecified atom stereocenters. The van der Waals surface area contributed by atoms with Crippen molar-refractivity contribution in [3.8, 4) is 17.0 Å². The van der Waals surface area contributed by atoms with Gasteiger partial charge in [-0.15, -0.1) is 11.3 Å². The van der Waals surface area contributed by atoms with Crippen LogP contribution in [0.4, 0.5) is 13.9 Å². The van der Waals surface area contributed by atoms with Crippen LogP contribution in [-0.2, 0) is 9.53 Å².